The van der Waals surface area contributed by atoms with E-state index < -0.39 is 0 Å². The average molecular weight is 305 g/mol. The van der Waals surface area contributed by atoms with Crippen LogP contribution in [-0.4, -0.2) is 6.04 Å². The molecule has 0 aliphatic heterocycles. The molecule has 3 heteroatoms. The normalized spacial score (nSPS) is 13.9. The van der Waals surface area contributed by atoms with Crippen LogP contribution in [0.1, 0.15) is 33.3 Å². The van der Waals surface area contributed by atoms with Crippen molar-refractivity contribution in [2.24, 2.45) is 5.41 Å². The van der Waals surface area contributed by atoms with Crippen LogP contribution in [0.3, 0.4) is 0 Å². The second-order valence-corrected chi connectivity index (χ2v) is 6.50. The Balaban J connectivity index is 2.64. The molecular formula is C13H19BrClN. The summed E-state index contributed by atoms with van der Waals surface area (Å²) < 4.78 is 1.10. The van der Waals surface area contributed by atoms with Crippen LogP contribution in [0.25, 0.3) is 0 Å². The predicted octanol–water partition coefficient (Wildman–Crippen LogP) is 4.63. The summed E-state index contributed by atoms with van der Waals surface area (Å²) in [6, 6.07) is 6.33. The Morgan fingerprint density at radius 2 is 2.00 bits per heavy atom. The molecule has 1 aromatic carbocycles. The minimum Gasteiger partial charge on any atom is -0.310 e. The molecule has 90 valence electrons. The predicted molar refractivity (Wildman–Crippen MR) is 74.9 cm³/mol. The zero-order valence-electron chi connectivity index (χ0n) is 10.3. The summed E-state index contributed by atoms with van der Waals surface area (Å²) in [4.78, 5) is 0. The molecule has 0 spiro atoms. The zero-order chi connectivity index (χ0) is 12.3. The van der Waals surface area contributed by atoms with Crippen molar-refractivity contribution < 1.29 is 0 Å². The maximum Gasteiger partial charge on any atom is 0.0410 e. The monoisotopic (exact) mass is 303 g/mol. The van der Waals surface area contributed by atoms with Crippen LogP contribution in [0.15, 0.2) is 22.7 Å². The van der Waals surface area contributed by atoms with Crippen LogP contribution < -0.4 is 5.32 Å². The van der Waals surface area contributed by atoms with Gasteiger partial charge in [0.25, 0.3) is 0 Å². The fraction of sp³-hybridized carbons (Fsp3) is 0.538. The van der Waals surface area contributed by atoms with E-state index in [0.717, 1.165) is 16.0 Å². The zero-order valence-corrected chi connectivity index (χ0v) is 12.6. The lowest BCUT2D eigenvalue weighted by Crippen LogP contribution is -2.37. The average Bonchev–Trinajstić information content (AvgIpc) is 2.17. The third-order valence-corrected chi connectivity index (χ3v) is 3.91. The fourth-order valence-electron chi connectivity index (χ4n) is 1.25. The van der Waals surface area contributed by atoms with Crippen LogP contribution in [0.5, 0.6) is 0 Å². The van der Waals surface area contributed by atoms with Gasteiger partial charge in [-0.1, -0.05) is 48.3 Å². The highest BCUT2D eigenvalue weighted by molar-refractivity contribution is 9.10. The van der Waals surface area contributed by atoms with Gasteiger partial charge in [-0.25, -0.2) is 0 Å². The smallest absolute Gasteiger partial charge is 0.0410 e. The molecule has 1 atom stereocenters. The molecule has 16 heavy (non-hydrogen) atoms. The van der Waals surface area contributed by atoms with Crippen molar-refractivity contribution in [3.63, 3.8) is 0 Å². The first-order chi connectivity index (χ1) is 7.30. The largest absolute Gasteiger partial charge is 0.310 e. The van der Waals surface area contributed by atoms with Crippen molar-refractivity contribution in [1.29, 1.82) is 0 Å². The van der Waals surface area contributed by atoms with E-state index >= 15 is 0 Å². The van der Waals surface area contributed by atoms with E-state index in [0.29, 0.717) is 6.04 Å². The maximum atomic E-state index is 5.97. The van der Waals surface area contributed by atoms with Crippen molar-refractivity contribution >= 4 is 27.5 Å². The summed E-state index contributed by atoms with van der Waals surface area (Å²) in [5.41, 5.74) is 1.47. The molecule has 0 saturated heterocycles. The number of hydrogen-bond donors (Lipinski definition) is 1. The van der Waals surface area contributed by atoms with Gasteiger partial charge in [-0.05, 0) is 36.1 Å². The molecule has 1 N–H and O–H groups in total. The van der Waals surface area contributed by atoms with E-state index in [1.54, 1.807) is 0 Å². The van der Waals surface area contributed by atoms with Crippen molar-refractivity contribution in [2.75, 3.05) is 0 Å². The number of nitrogens with one attached hydrogen (secondary N) is 1. The molecule has 0 aliphatic rings. The lowest BCUT2D eigenvalue weighted by Gasteiger charge is -2.28. The molecule has 0 aliphatic carbocycles. The second-order valence-electron chi connectivity index (χ2n) is 5.20. The molecule has 1 rings (SSSR count). The Bertz CT molecular complexity index is 357. The number of halogens is 2. The summed E-state index contributed by atoms with van der Waals surface area (Å²) in [5, 5.41) is 4.30. The number of hydrogen-bond acceptors (Lipinski definition) is 1. The van der Waals surface area contributed by atoms with Crippen molar-refractivity contribution in [3.05, 3.63) is 33.3 Å². The minimum atomic E-state index is 0.269. The molecule has 0 bridgehead atoms. The van der Waals surface area contributed by atoms with Gasteiger partial charge in [0.15, 0.2) is 0 Å². The van der Waals surface area contributed by atoms with Crippen LogP contribution in [0.4, 0.5) is 0 Å². The molecule has 1 aromatic rings. The highest BCUT2D eigenvalue weighted by Gasteiger charge is 2.19. The van der Waals surface area contributed by atoms with Gasteiger partial charge in [0.2, 0.25) is 0 Å². The van der Waals surface area contributed by atoms with E-state index in [2.05, 4.69) is 48.9 Å². The van der Waals surface area contributed by atoms with Gasteiger partial charge in [-0.2, -0.15) is 0 Å². The van der Waals surface area contributed by atoms with Gasteiger partial charge in [0.1, 0.15) is 0 Å². The Labute approximate surface area is 112 Å². The standard InChI is InChI=1S/C13H19BrClN/c1-9(13(2,3)4)16-8-10-7-11(15)5-6-12(10)14/h5-7,9,16H,8H2,1-4H3. The van der Waals surface area contributed by atoms with Gasteiger partial charge < -0.3 is 5.32 Å². The van der Waals surface area contributed by atoms with E-state index in [4.69, 9.17) is 11.6 Å². The molecule has 0 radical (unpaired) electrons. The summed E-state index contributed by atoms with van der Waals surface area (Å²) in [6.07, 6.45) is 0. The summed E-state index contributed by atoms with van der Waals surface area (Å²) in [6.45, 7) is 9.74. The Kier molecular flexibility index (Phi) is 4.84. The summed E-state index contributed by atoms with van der Waals surface area (Å²) in [7, 11) is 0. The van der Waals surface area contributed by atoms with E-state index in [9.17, 15) is 0 Å². The maximum absolute atomic E-state index is 5.97. The summed E-state index contributed by atoms with van der Waals surface area (Å²) >= 11 is 9.51. The summed E-state index contributed by atoms with van der Waals surface area (Å²) in [5.74, 6) is 0. The van der Waals surface area contributed by atoms with Gasteiger partial charge in [0.05, 0.1) is 0 Å². The molecule has 0 saturated carbocycles. The second kappa shape index (κ2) is 5.52. The topological polar surface area (TPSA) is 12.0 Å². The fourth-order valence-corrected chi connectivity index (χ4v) is 1.83. The lowest BCUT2D eigenvalue weighted by atomic mass is 9.88. The molecular weight excluding hydrogens is 286 g/mol. The Morgan fingerprint density at radius 1 is 1.38 bits per heavy atom. The van der Waals surface area contributed by atoms with E-state index in [1.165, 1.54) is 5.56 Å². The van der Waals surface area contributed by atoms with Gasteiger partial charge in [-0.3, -0.25) is 0 Å². The first-order valence-electron chi connectivity index (χ1n) is 5.48. The molecule has 0 heterocycles. The molecule has 0 amide bonds. The van der Waals surface area contributed by atoms with E-state index in [1.807, 2.05) is 18.2 Å². The first kappa shape index (κ1) is 14.0. The van der Waals surface area contributed by atoms with Crippen LogP contribution >= 0.6 is 27.5 Å². The van der Waals surface area contributed by atoms with Crippen LogP contribution in [-0.2, 0) is 6.54 Å². The highest BCUT2D eigenvalue weighted by atomic mass is 79.9. The number of rotatable bonds is 3. The lowest BCUT2D eigenvalue weighted by molar-refractivity contribution is 0.285. The third-order valence-electron chi connectivity index (χ3n) is 2.91. The van der Waals surface area contributed by atoms with Crippen molar-refractivity contribution in [3.8, 4) is 0 Å². The Morgan fingerprint density at radius 3 is 2.56 bits per heavy atom. The first-order valence-corrected chi connectivity index (χ1v) is 6.65. The van der Waals surface area contributed by atoms with Crippen molar-refractivity contribution in [1.82, 2.24) is 5.32 Å². The van der Waals surface area contributed by atoms with Crippen molar-refractivity contribution in [2.45, 2.75) is 40.3 Å². The van der Waals surface area contributed by atoms with Gasteiger partial charge in [0, 0.05) is 22.1 Å². The van der Waals surface area contributed by atoms with Crippen LogP contribution in [0.2, 0.25) is 5.02 Å². The van der Waals surface area contributed by atoms with Crippen LogP contribution in [0, 0.1) is 5.41 Å². The number of benzene rings is 1. The highest BCUT2D eigenvalue weighted by Crippen LogP contribution is 2.23. The molecule has 0 aromatic heterocycles. The van der Waals surface area contributed by atoms with Gasteiger partial charge in [-0.15, -0.1) is 0 Å². The quantitative estimate of drug-likeness (QED) is 0.858. The molecule has 1 unspecified atom stereocenters. The third kappa shape index (κ3) is 4.08. The SMILES string of the molecule is CC(NCc1cc(Cl)ccc1Br)C(C)(C)C. The van der Waals surface area contributed by atoms with E-state index in [-0.39, 0.29) is 5.41 Å². The minimum absolute atomic E-state index is 0.269. The Hall–Kier alpha value is -0.0500. The van der Waals surface area contributed by atoms with Gasteiger partial charge >= 0.3 is 0 Å². The molecule has 0 fully saturated rings. The molecule has 1 nitrogen and oxygen atoms in total.